The maximum absolute atomic E-state index is 4.65. The molecule has 3 rings (SSSR count). The normalized spacial score (nSPS) is 21.1. The Morgan fingerprint density at radius 3 is 3.00 bits per heavy atom. The highest BCUT2D eigenvalue weighted by Gasteiger charge is 2.19. The lowest BCUT2D eigenvalue weighted by molar-refractivity contribution is 0.164. The quantitative estimate of drug-likeness (QED) is 0.878. The van der Waals surface area contributed by atoms with Crippen molar-refractivity contribution in [2.24, 2.45) is 0 Å². The number of nitrogens with one attached hydrogen (secondary N) is 1. The molecule has 0 bridgehead atoms. The van der Waals surface area contributed by atoms with Gasteiger partial charge in [-0.1, -0.05) is 0 Å². The van der Waals surface area contributed by atoms with Gasteiger partial charge in [0.1, 0.15) is 0 Å². The lowest BCUT2D eigenvalue weighted by Gasteiger charge is -2.33. The SMILES string of the molecule is Cc1cc(C)n2cc(CN3CCNC[C@H]3C)nc2n1. The zero-order valence-corrected chi connectivity index (χ0v) is 11.8. The number of hydrogen-bond donors (Lipinski definition) is 1. The molecular formula is C14H21N5. The molecule has 0 amide bonds. The first-order valence-corrected chi connectivity index (χ1v) is 6.90. The molecule has 0 radical (unpaired) electrons. The van der Waals surface area contributed by atoms with Gasteiger partial charge in [0.25, 0.3) is 0 Å². The van der Waals surface area contributed by atoms with Crippen molar-refractivity contribution >= 4 is 5.78 Å². The van der Waals surface area contributed by atoms with Crippen molar-refractivity contribution < 1.29 is 0 Å². The average Bonchev–Trinajstić information content (AvgIpc) is 2.75. The fourth-order valence-corrected chi connectivity index (χ4v) is 2.72. The lowest BCUT2D eigenvalue weighted by atomic mass is 10.2. The van der Waals surface area contributed by atoms with Gasteiger partial charge in [-0.15, -0.1) is 0 Å². The molecule has 1 fully saturated rings. The summed E-state index contributed by atoms with van der Waals surface area (Å²) >= 11 is 0. The van der Waals surface area contributed by atoms with Crippen LogP contribution in [0.2, 0.25) is 0 Å². The summed E-state index contributed by atoms with van der Waals surface area (Å²) in [6.07, 6.45) is 2.12. The summed E-state index contributed by atoms with van der Waals surface area (Å²) in [4.78, 5) is 11.6. The van der Waals surface area contributed by atoms with Crippen LogP contribution < -0.4 is 5.32 Å². The zero-order chi connectivity index (χ0) is 13.4. The molecule has 5 nitrogen and oxygen atoms in total. The van der Waals surface area contributed by atoms with E-state index in [2.05, 4.69) is 50.7 Å². The second kappa shape index (κ2) is 4.90. The first kappa shape index (κ1) is 12.6. The fraction of sp³-hybridized carbons (Fsp3) is 0.571. The molecule has 2 aromatic rings. The van der Waals surface area contributed by atoms with Gasteiger partial charge in [-0.2, -0.15) is 0 Å². The van der Waals surface area contributed by atoms with Crippen LogP contribution >= 0.6 is 0 Å². The van der Waals surface area contributed by atoms with E-state index in [0.29, 0.717) is 6.04 Å². The molecule has 0 aromatic carbocycles. The second-order valence-electron chi connectivity index (χ2n) is 5.46. The summed E-state index contributed by atoms with van der Waals surface area (Å²) in [5.74, 6) is 0.815. The third-order valence-corrected chi connectivity index (χ3v) is 3.82. The molecule has 3 heterocycles. The van der Waals surface area contributed by atoms with E-state index in [1.54, 1.807) is 0 Å². The van der Waals surface area contributed by atoms with E-state index in [0.717, 1.165) is 43.3 Å². The molecule has 0 saturated carbocycles. The number of piperazine rings is 1. The Morgan fingerprint density at radius 1 is 1.37 bits per heavy atom. The van der Waals surface area contributed by atoms with Gasteiger partial charge in [0.2, 0.25) is 5.78 Å². The van der Waals surface area contributed by atoms with Gasteiger partial charge in [0.05, 0.1) is 5.69 Å². The molecule has 0 spiro atoms. The standard InChI is InChI=1S/C14H21N5/c1-10-6-11(2)19-9-13(17-14(19)16-10)8-18-5-4-15-7-12(18)3/h6,9,12,15H,4-5,7-8H2,1-3H3/t12-/m1/s1. The van der Waals surface area contributed by atoms with Crippen molar-refractivity contribution in [2.75, 3.05) is 19.6 Å². The number of aryl methyl sites for hydroxylation is 2. The molecular weight excluding hydrogens is 238 g/mol. The van der Waals surface area contributed by atoms with Crippen LogP contribution in [-0.4, -0.2) is 44.9 Å². The van der Waals surface area contributed by atoms with Gasteiger partial charge < -0.3 is 5.32 Å². The summed E-state index contributed by atoms with van der Waals surface area (Å²) < 4.78 is 2.08. The summed E-state index contributed by atoms with van der Waals surface area (Å²) in [6.45, 7) is 10.5. The van der Waals surface area contributed by atoms with Gasteiger partial charge in [0.15, 0.2) is 0 Å². The molecule has 5 heteroatoms. The van der Waals surface area contributed by atoms with E-state index < -0.39 is 0 Å². The highest BCUT2D eigenvalue weighted by molar-refractivity contribution is 5.34. The van der Waals surface area contributed by atoms with Crippen molar-refractivity contribution in [1.29, 1.82) is 0 Å². The van der Waals surface area contributed by atoms with Crippen molar-refractivity contribution in [3.8, 4) is 0 Å². The van der Waals surface area contributed by atoms with E-state index in [4.69, 9.17) is 0 Å². The van der Waals surface area contributed by atoms with E-state index in [9.17, 15) is 0 Å². The van der Waals surface area contributed by atoms with Crippen molar-refractivity contribution in [2.45, 2.75) is 33.4 Å². The number of imidazole rings is 1. The van der Waals surface area contributed by atoms with E-state index in [-0.39, 0.29) is 0 Å². The van der Waals surface area contributed by atoms with Gasteiger partial charge in [-0.05, 0) is 26.8 Å². The molecule has 0 unspecified atom stereocenters. The molecule has 1 aliphatic rings. The first-order valence-electron chi connectivity index (χ1n) is 6.90. The zero-order valence-electron chi connectivity index (χ0n) is 11.8. The van der Waals surface area contributed by atoms with E-state index in [1.807, 2.05) is 6.92 Å². The Hall–Kier alpha value is -1.46. The van der Waals surface area contributed by atoms with Crippen LogP contribution in [0.5, 0.6) is 0 Å². The van der Waals surface area contributed by atoms with Gasteiger partial charge >= 0.3 is 0 Å². The minimum Gasteiger partial charge on any atom is -0.314 e. The Kier molecular flexibility index (Phi) is 3.24. The third-order valence-electron chi connectivity index (χ3n) is 3.82. The van der Waals surface area contributed by atoms with Crippen LogP contribution in [-0.2, 0) is 6.54 Å². The third kappa shape index (κ3) is 2.48. The summed E-state index contributed by atoms with van der Waals surface area (Å²) in [5, 5.41) is 3.41. The highest BCUT2D eigenvalue weighted by Crippen LogP contribution is 2.12. The maximum atomic E-state index is 4.65. The van der Waals surface area contributed by atoms with Crippen LogP contribution in [0.4, 0.5) is 0 Å². The Morgan fingerprint density at radius 2 is 2.21 bits per heavy atom. The molecule has 1 atom stereocenters. The van der Waals surface area contributed by atoms with Crippen LogP contribution in [0.15, 0.2) is 12.3 Å². The molecule has 1 saturated heterocycles. The van der Waals surface area contributed by atoms with Crippen LogP contribution in [0.3, 0.4) is 0 Å². The minimum atomic E-state index is 0.564. The fourth-order valence-electron chi connectivity index (χ4n) is 2.72. The predicted molar refractivity (Wildman–Crippen MR) is 75.2 cm³/mol. The monoisotopic (exact) mass is 259 g/mol. The number of fused-ring (bicyclic) bond motifs is 1. The van der Waals surface area contributed by atoms with Gasteiger partial charge in [0, 0.05) is 49.8 Å². The molecule has 1 aliphatic heterocycles. The molecule has 2 aromatic heterocycles. The average molecular weight is 259 g/mol. The summed E-state index contributed by atoms with van der Waals surface area (Å²) in [7, 11) is 0. The molecule has 1 N–H and O–H groups in total. The number of hydrogen-bond acceptors (Lipinski definition) is 4. The number of rotatable bonds is 2. The predicted octanol–water partition coefficient (Wildman–Crippen LogP) is 1.14. The van der Waals surface area contributed by atoms with Crippen LogP contribution in [0, 0.1) is 13.8 Å². The first-order chi connectivity index (χ1) is 9.13. The number of aromatic nitrogens is 3. The minimum absolute atomic E-state index is 0.564. The van der Waals surface area contributed by atoms with Crippen molar-refractivity contribution in [3.05, 3.63) is 29.3 Å². The summed E-state index contributed by atoms with van der Waals surface area (Å²) in [6, 6.07) is 2.65. The van der Waals surface area contributed by atoms with Crippen molar-refractivity contribution in [3.63, 3.8) is 0 Å². The maximum Gasteiger partial charge on any atom is 0.234 e. The van der Waals surface area contributed by atoms with Crippen LogP contribution in [0.25, 0.3) is 5.78 Å². The molecule has 102 valence electrons. The van der Waals surface area contributed by atoms with Crippen LogP contribution in [0.1, 0.15) is 24.0 Å². The smallest absolute Gasteiger partial charge is 0.234 e. The van der Waals surface area contributed by atoms with Crippen molar-refractivity contribution in [1.82, 2.24) is 24.6 Å². The van der Waals surface area contributed by atoms with E-state index >= 15 is 0 Å². The number of nitrogens with zero attached hydrogens (tertiary/aromatic N) is 4. The van der Waals surface area contributed by atoms with Gasteiger partial charge in [-0.3, -0.25) is 9.30 Å². The van der Waals surface area contributed by atoms with Gasteiger partial charge in [-0.25, -0.2) is 9.97 Å². The molecule has 0 aliphatic carbocycles. The Labute approximate surface area is 113 Å². The largest absolute Gasteiger partial charge is 0.314 e. The Balaban J connectivity index is 1.87. The second-order valence-corrected chi connectivity index (χ2v) is 5.46. The summed E-state index contributed by atoms with van der Waals surface area (Å²) in [5.41, 5.74) is 3.32. The lowest BCUT2D eigenvalue weighted by Crippen LogP contribution is -2.49. The topological polar surface area (TPSA) is 45.5 Å². The highest BCUT2D eigenvalue weighted by atomic mass is 15.2. The molecule has 19 heavy (non-hydrogen) atoms. The van der Waals surface area contributed by atoms with E-state index in [1.165, 1.54) is 5.69 Å². The Bertz CT molecular complexity index is 589.